The van der Waals surface area contributed by atoms with Gasteiger partial charge in [-0.25, -0.2) is 0 Å². The van der Waals surface area contributed by atoms with Gasteiger partial charge in [0.15, 0.2) is 5.84 Å². The van der Waals surface area contributed by atoms with E-state index < -0.39 is 26.6 Å². The van der Waals surface area contributed by atoms with Crippen molar-refractivity contribution in [3.63, 3.8) is 0 Å². The first-order valence-corrected chi connectivity index (χ1v) is 6.08. The normalized spacial score (nSPS) is 11.7. The molecule has 6 N–H and O–H groups in total. The van der Waals surface area contributed by atoms with Gasteiger partial charge in [-0.2, -0.15) is 18.8 Å². The number of phenolic OH excluding ortho intramolecular Hbond substituents is 1. The third-order valence-corrected chi connectivity index (χ3v) is 2.80. The third-order valence-electron chi connectivity index (χ3n) is 1.89. The van der Waals surface area contributed by atoms with Crippen molar-refractivity contribution in [2.75, 3.05) is 5.43 Å². The number of hydrogen-bond acceptors (Lipinski definition) is 7. The second-order valence-electron chi connectivity index (χ2n) is 3.26. The zero-order valence-corrected chi connectivity index (χ0v) is 10.1. The summed E-state index contributed by atoms with van der Waals surface area (Å²) in [6.07, 6.45) is 0. The summed E-state index contributed by atoms with van der Waals surface area (Å²) in [6.45, 7) is 0. The Morgan fingerprint density at radius 3 is 2.58 bits per heavy atom. The average Bonchev–Trinajstić information content (AvgIpc) is 2.27. The smallest absolute Gasteiger partial charge is 0.298 e. The summed E-state index contributed by atoms with van der Waals surface area (Å²) >= 11 is 0. The molecule has 0 amide bonds. The first kappa shape index (κ1) is 14.4. The second kappa shape index (κ2) is 5.34. The van der Waals surface area contributed by atoms with Gasteiger partial charge in [-0.1, -0.05) is 0 Å². The van der Waals surface area contributed by atoms with E-state index in [2.05, 4.69) is 10.5 Å². The zero-order valence-electron chi connectivity index (χ0n) is 9.32. The molecular formula is C9H9N5O4S. The van der Waals surface area contributed by atoms with Crippen LogP contribution in [0.15, 0.2) is 28.2 Å². The van der Waals surface area contributed by atoms with Gasteiger partial charge in [0.25, 0.3) is 10.1 Å². The minimum absolute atomic E-state index is 0.138. The highest BCUT2D eigenvalue weighted by atomic mass is 32.2. The lowest BCUT2D eigenvalue weighted by atomic mass is 10.3. The summed E-state index contributed by atoms with van der Waals surface area (Å²) in [7, 11) is -4.52. The van der Waals surface area contributed by atoms with Crippen LogP contribution >= 0.6 is 0 Å². The molecule has 0 spiro atoms. The van der Waals surface area contributed by atoms with Crippen LogP contribution in [0.3, 0.4) is 0 Å². The predicted octanol–water partition coefficient (Wildman–Crippen LogP) is -0.134. The molecule has 0 saturated heterocycles. The summed E-state index contributed by atoms with van der Waals surface area (Å²) in [5, 5.41) is 28.5. The highest BCUT2D eigenvalue weighted by Crippen LogP contribution is 2.25. The number of benzene rings is 1. The van der Waals surface area contributed by atoms with Crippen molar-refractivity contribution in [1.29, 1.82) is 10.7 Å². The summed E-state index contributed by atoms with van der Waals surface area (Å²) in [5.74, 6) is -1.24. The van der Waals surface area contributed by atoms with Gasteiger partial charge in [0, 0.05) is 6.07 Å². The zero-order chi connectivity index (χ0) is 14.6. The van der Waals surface area contributed by atoms with E-state index in [1.807, 2.05) is 0 Å². The van der Waals surface area contributed by atoms with E-state index in [0.29, 0.717) is 0 Å². The van der Waals surface area contributed by atoms with E-state index in [4.69, 9.17) is 21.0 Å². The lowest BCUT2D eigenvalue weighted by molar-refractivity contribution is 0.443. The number of hydrazone groups is 1. The largest absolute Gasteiger partial charge is 0.506 e. The van der Waals surface area contributed by atoms with E-state index in [9.17, 15) is 13.5 Å². The first-order valence-electron chi connectivity index (χ1n) is 4.64. The van der Waals surface area contributed by atoms with Crippen molar-refractivity contribution in [1.82, 2.24) is 0 Å². The molecule has 10 heteroatoms. The Hall–Kier alpha value is -2.64. The van der Waals surface area contributed by atoms with Crippen molar-refractivity contribution in [3.8, 4) is 11.8 Å². The molecule has 19 heavy (non-hydrogen) atoms. The van der Waals surface area contributed by atoms with Crippen LogP contribution in [0.25, 0.3) is 0 Å². The molecule has 0 aromatic heterocycles. The Kier molecular flexibility index (Phi) is 4.05. The molecule has 0 radical (unpaired) electrons. The van der Waals surface area contributed by atoms with Crippen molar-refractivity contribution < 1.29 is 18.1 Å². The number of nitrogens with zero attached hydrogens (tertiary/aromatic N) is 2. The number of nitriles is 1. The van der Waals surface area contributed by atoms with Crippen LogP contribution in [0.2, 0.25) is 0 Å². The van der Waals surface area contributed by atoms with Crippen molar-refractivity contribution >= 4 is 27.4 Å². The molecule has 0 fully saturated rings. The van der Waals surface area contributed by atoms with Crippen LogP contribution in [0, 0.1) is 16.7 Å². The highest BCUT2D eigenvalue weighted by molar-refractivity contribution is 7.86. The van der Waals surface area contributed by atoms with Gasteiger partial charge in [0.1, 0.15) is 16.7 Å². The average molecular weight is 283 g/mol. The molecule has 100 valence electrons. The maximum Gasteiger partial charge on any atom is 0.298 e. The third kappa shape index (κ3) is 3.66. The topological polar surface area (TPSA) is 173 Å². The van der Waals surface area contributed by atoms with Gasteiger partial charge in [0.05, 0.1) is 5.69 Å². The number of anilines is 1. The second-order valence-corrected chi connectivity index (χ2v) is 4.65. The fourth-order valence-electron chi connectivity index (χ4n) is 1.07. The lowest BCUT2D eigenvalue weighted by Gasteiger charge is -2.04. The van der Waals surface area contributed by atoms with Crippen molar-refractivity contribution in [3.05, 3.63) is 18.2 Å². The van der Waals surface area contributed by atoms with Crippen molar-refractivity contribution in [2.24, 2.45) is 10.8 Å². The first-order chi connectivity index (χ1) is 8.75. The Labute approximate surface area is 108 Å². The molecular weight excluding hydrogens is 274 g/mol. The SMILES string of the molecule is N#C/C(=N\Nc1ccc(S(=O)(=O)O)c(O)c1)C(=N)N. The summed E-state index contributed by atoms with van der Waals surface area (Å²) in [5.41, 5.74) is 7.12. The molecule has 0 unspecified atom stereocenters. The number of nitrogens with two attached hydrogens (primary N) is 1. The molecule has 0 aliphatic carbocycles. The van der Waals surface area contributed by atoms with Gasteiger partial charge in [0.2, 0.25) is 5.71 Å². The number of hydrogen-bond donors (Lipinski definition) is 5. The molecule has 0 saturated carbocycles. The predicted molar refractivity (Wildman–Crippen MR) is 66.5 cm³/mol. The van der Waals surface area contributed by atoms with Gasteiger partial charge >= 0.3 is 0 Å². The Balaban J connectivity index is 3.05. The summed E-state index contributed by atoms with van der Waals surface area (Å²) in [4.78, 5) is -0.658. The van der Waals surface area contributed by atoms with Gasteiger partial charge < -0.3 is 10.8 Å². The number of amidine groups is 1. The molecule has 1 aromatic rings. The maximum atomic E-state index is 10.8. The fraction of sp³-hybridized carbons (Fsp3) is 0. The number of aromatic hydroxyl groups is 1. The Morgan fingerprint density at radius 2 is 2.16 bits per heavy atom. The number of nitrogens with one attached hydrogen (secondary N) is 2. The van der Waals surface area contributed by atoms with Gasteiger partial charge in [-0.3, -0.25) is 15.4 Å². The quantitative estimate of drug-likeness (QED) is 0.221. The van der Waals surface area contributed by atoms with E-state index in [-0.39, 0.29) is 11.4 Å². The molecule has 0 atom stereocenters. The van der Waals surface area contributed by atoms with Gasteiger partial charge in [-0.15, -0.1) is 0 Å². The van der Waals surface area contributed by atoms with E-state index in [1.165, 1.54) is 6.07 Å². The molecule has 1 rings (SSSR count). The number of phenols is 1. The Morgan fingerprint density at radius 1 is 1.53 bits per heavy atom. The van der Waals surface area contributed by atoms with Crippen LogP contribution in [-0.4, -0.2) is 29.6 Å². The molecule has 0 bridgehead atoms. The van der Waals surface area contributed by atoms with Crippen LogP contribution < -0.4 is 11.2 Å². The summed E-state index contributed by atoms with van der Waals surface area (Å²) < 4.78 is 30.4. The van der Waals surface area contributed by atoms with E-state index in [1.54, 1.807) is 6.07 Å². The van der Waals surface area contributed by atoms with E-state index >= 15 is 0 Å². The molecule has 0 aliphatic rings. The summed E-state index contributed by atoms with van der Waals surface area (Å²) in [6, 6.07) is 4.68. The van der Waals surface area contributed by atoms with Crippen molar-refractivity contribution in [2.45, 2.75) is 4.90 Å². The monoisotopic (exact) mass is 283 g/mol. The van der Waals surface area contributed by atoms with Gasteiger partial charge in [-0.05, 0) is 12.1 Å². The molecule has 1 aromatic carbocycles. The van der Waals surface area contributed by atoms with Crippen LogP contribution in [0.4, 0.5) is 5.69 Å². The lowest BCUT2D eigenvalue weighted by Crippen LogP contribution is -2.21. The van der Waals surface area contributed by atoms with Crippen LogP contribution in [0.5, 0.6) is 5.75 Å². The van der Waals surface area contributed by atoms with Crippen LogP contribution in [0.1, 0.15) is 0 Å². The molecule has 0 heterocycles. The highest BCUT2D eigenvalue weighted by Gasteiger charge is 2.15. The van der Waals surface area contributed by atoms with Crippen LogP contribution in [-0.2, 0) is 10.1 Å². The minimum Gasteiger partial charge on any atom is -0.506 e. The van der Waals surface area contributed by atoms with E-state index in [0.717, 1.165) is 12.1 Å². The minimum atomic E-state index is -4.52. The molecule has 9 nitrogen and oxygen atoms in total. The fourth-order valence-corrected chi connectivity index (χ4v) is 1.63. The Bertz CT molecular complexity index is 689. The maximum absolute atomic E-state index is 10.8. The number of rotatable bonds is 4. The standard InChI is InChI=1S/C9H9N5O4S/c10-4-6(9(11)12)14-13-5-1-2-8(7(15)3-5)19(16,17)18/h1-3,13,15H,(H3,11,12)(H,16,17,18)/b14-6+. The molecule has 0 aliphatic heterocycles.